The highest BCUT2D eigenvalue weighted by molar-refractivity contribution is 5.81. The number of methoxy groups -OCH3 is 1. The minimum absolute atomic E-state index is 0.345. The highest BCUT2D eigenvalue weighted by atomic mass is 19.4. The van der Waals surface area contributed by atoms with Crippen molar-refractivity contribution in [2.24, 2.45) is 5.92 Å². The van der Waals surface area contributed by atoms with Crippen LogP contribution in [0.1, 0.15) is 24.0 Å². The molecule has 1 aliphatic rings. The van der Waals surface area contributed by atoms with Crippen LogP contribution >= 0.6 is 0 Å². The Bertz CT molecular complexity index is 925. The van der Waals surface area contributed by atoms with Gasteiger partial charge in [-0.15, -0.1) is 0 Å². The van der Waals surface area contributed by atoms with Crippen LogP contribution in [0.2, 0.25) is 0 Å². The summed E-state index contributed by atoms with van der Waals surface area (Å²) in [5.74, 6) is 0.0218. The number of pyridine rings is 1. The summed E-state index contributed by atoms with van der Waals surface area (Å²) in [7, 11) is 1.59. The Labute approximate surface area is 189 Å². The molecule has 33 heavy (non-hydrogen) atoms. The van der Waals surface area contributed by atoms with Crippen LogP contribution in [0, 0.1) is 5.92 Å². The molecule has 1 N–H and O–H groups in total. The van der Waals surface area contributed by atoms with E-state index in [0.717, 1.165) is 23.6 Å². The van der Waals surface area contributed by atoms with Gasteiger partial charge in [-0.1, -0.05) is 12.1 Å². The Morgan fingerprint density at radius 2 is 1.82 bits per heavy atom. The van der Waals surface area contributed by atoms with E-state index in [1.54, 1.807) is 7.11 Å². The second-order valence-corrected chi connectivity index (χ2v) is 7.72. The number of halogens is 3. The first-order chi connectivity index (χ1) is 15.8. The number of anilines is 1. The lowest BCUT2D eigenvalue weighted by Gasteiger charge is -2.31. The summed E-state index contributed by atoms with van der Waals surface area (Å²) in [4.78, 5) is 30.0. The number of nitrogens with zero attached hydrogens (tertiary/aromatic N) is 2. The molecule has 3 rings (SSSR count). The van der Waals surface area contributed by atoms with Gasteiger partial charge in [0.15, 0.2) is 6.61 Å². The summed E-state index contributed by atoms with van der Waals surface area (Å²) in [6, 6.07) is 9.85. The minimum Gasteiger partial charge on any atom is -0.497 e. The Balaban J connectivity index is 1.35. The highest BCUT2D eigenvalue weighted by Gasteiger charge is 2.31. The summed E-state index contributed by atoms with van der Waals surface area (Å²) in [5, 5.41) is 2.72. The van der Waals surface area contributed by atoms with Gasteiger partial charge in [-0.3, -0.25) is 9.59 Å². The maximum absolute atomic E-state index is 12.7. The van der Waals surface area contributed by atoms with Gasteiger partial charge < -0.3 is 19.7 Å². The smallest absolute Gasteiger partial charge is 0.417 e. The lowest BCUT2D eigenvalue weighted by atomic mass is 9.97. The van der Waals surface area contributed by atoms with Crippen molar-refractivity contribution < 1.29 is 32.2 Å². The SMILES string of the molecule is COc1ccc(CCNC(=O)COC(=O)C2CCN(c3ccc(C(F)(F)F)cn3)CC2)cc1. The van der Waals surface area contributed by atoms with Gasteiger partial charge in [0, 0.05) is 25.8 Å². The first-order valence-electron chi connectivity index (χ1n) is 10.6. The van der Waals surface area contributed by atoms with Crippen LogP contribution in [0.25, 0.3) is 0 Å². The van der Waals surface area contributed by atoms with Crippen LogP contribution in [0.3, 0.4) is 0 Å². The van der Waals surface area contributed by atoms with E-state index in [1.807, 2.05) is 29.2 Å². The zero-order chi connectivity index (χ0) is 23.8. The molecule has 0 spiro atoms. The molecule has 2 aromatic rings. The van der Waals surface area contributed by atoms with Crippen LogP contribution in [-0.4, -0.2) is 50.2 Å². The van der Waals surface area contributed by atoms with Crippen molar-refractivity contribution in [3.05, 3.63) is 53.7 Å². The summed E-state index contributed by atoms with van der Waals surface area (Å²) in [5.41, 5.74) is 0.245. The number of carbonyl (C=O) groups is 2. The molecule has 2 heterocycles. The molecular formula is C23H26F3N3O4. The quantitative estimate of drug-likeness (QED) is 0.603. The Hall–Kier alpha value is -3.30. The molecule has 1 aromatic carbocycles. The van der Waals surface area contributed by atoms with Gasteiger partial charge in [0.25, 0.3) is 5.91 Å². The number of hydrogen-bond donors (Lipinski definition) is 1. The average molecular weight is 465 g/mol. The third-order valence-corrected chi connectivity index (χ3v) is 5.47. The summed E-state index contributed by atoms with van der Waals surface area (Å²) in [6.45, 7) is 1.00. The van der Waals surface area contributed by atoms with Gasteiger partial charge in [0.1, 0.15) is 11.6 Å². The molecule has 10 heteroatoms. The third-order valence-electron chi connectivity index (χ3n) is 5.47. The average Bonchev–Trinajstić information content (AvgIpc) is 2.82. The molecule has 0 saturated carbocycles. The van der Waals surface area contributed by atoms with Crippen LogP contribution in [0.5, 0.6) is 5.75 Å². The van der Waals surface area contributed by atoms with Gasteiger partial charge in [0.2, 0.25) is 0 Å². The largest absolute Gasteiger partial charge is 0.497 e. The van der Waals surface area contributed by atoms with Crippen molar-refractivity contribution in [2.45, 2.75) is 25.4 Å². The van der Waals surface area contributed by atoms with E-state index >= 15 is 0 Å². The second-order valence-electron chi connectivity index (χ2n) is 7.72. The highest BCUT2D eigenvalue weighted by Crippen LogP contribution is 2.30. The van der Waals surface area contributed by atoms with Gasteiger partial charge in [-0.25, -0.2) is 4.98 Å². The number of hydrogen-bond acceptors (Lipinski definition) is 6. The fourth-order valence-electron chi connectivity index (χ4n) is 3.53. The van der Waals surface area contributed by atoms with E-state index in [9.17, 15) is 22.8 Å². The lowest BCUT2D eigenvalue weighted by molar-refractivity contribution is -0.153. The van der Waals surface area contributed by atoms with Crippen LogP contribution in [0.15, 0.2) is 42.6 Å². The maximum atomic E-state index is 12.7. The van der Waals surface area contributed by atoms with Crippen molar-refractivity contribution in [1.82, 2.24) is 10.3 Å². The van der Waals surface area contributed by atoms with Crippen LogP contribution < -0.4 is 15.0 Å². The van der Waals surface area contributed by atoms with Crippen molar-refractivity contribution in [3.63, 3.8) is 0 Å². The number of esters is 1. The second kappa shape index (κ2) is 11.0. The number of alkyl halides is 3. The lowest BCUT2D eigenvalue weighted by Crippen LogP contribution is -2.38. The molecule has 1 fully saturated rings. The zero-order valence-corrected chi connectivity index (χ0v) is 18.2. The molecule has 178 valence electrons. The van der Waals surface area contributed by atoms with Crippen molar-refractivity contribution in [1.29, 1.82) is 0 Å². The molecule has 1 saturated heterocycles. The summed E-state index contributed by atoms with van der Waals surface area (Å²) < 4.78 is 48.2. The number of piperidine rings is 1. The number of nitrogens with one attached hydrogen (secondary N) is 1. The molecule has 0 unspecified atom stereocenters. The van der Waals surface area contributed by atoms with Crippen LogP contribution in [0.4, 0.5) is 19.0 Å². The molecular weight excluding hydrogens is 439 g/mol. The summed E-state index contributed by atoms with van der Waals surface area (Å²) >= 11 is 0. The minimum atomic E-state index is -4.43. The van der Waals surface area contributed by atoms with E-state index in [4.69, 9.17) is 9.47 Å². The monoisotopic (exact) mass is 465 g/mol. The van der Waals surface area contributed by atoms with Crippen LogP contribution in [-0.2, 0) is 26.9 Å². The van der Waals surface area contributed by atoms with Crippen molar-refractivity contribution in [2.75, 3.05) is 38.3 Å². The fourth-order valence-corrected chi connectivity index (χ4v) is 3.53. The van der Waals surface area contributed by atoms with Crippen molar-refractivity contribution >= 4 is 17.7 Å². The number of amides is 1. The summed E-state index contributed by atoms with van der Waals surface area (Å²) in [6.07, 6.45) is -2.03. The molecule has 1 aliphatic heterocycles. The van der Waals surface area contributed by atoms with E-state index in [-0.39, 0.29) is 18.4 Å². The van der Waals surface area contributed by atoms with Crippen molar-refractivity contribution in [3.8, 4) is 5.75 Å². The first kappa shape index (κ1) is 24.3. The number of rotatable bonds is 8. The molecule has 1 amide bonds. The first-order valence-corrected chi connectivity index (χ1v) is 10.6. The standard InChI is InChI=1S/C23H26F3N3O4/c1-32-19-5-2-16(3-6-19)8-11-27-21(30)15-33-22(31)17-9-12-29(13-10-17)20-7-4-18(14-28-20)23(24,25)26/h2-7,14,17H,8-13,15H2,1H3,(H,27,30). The van der Waals surface area contributed by atoms with E-state index in [2.05, 4.69) is 10.3 Å². The number of benzene rings is 1. The Kier molecular flexibility index (Phi) is 8.13. The maximum Gasteiger partial charge on any atom is 0.417 e. The Morgan fingerprint density at radius 3 is 2.39 bits per heavy atom. The third kappa shape index (κ3) is 7.10. The number of aromatic nitrogens is 1. The number of carbonyl (C=O) groups excluding carboxylic acids is 2. The molecule has 7 nitrogen and oxygen atoms in total. The topological polar surface area (TPSA) is 80.8 Å². The molecule has 0 aliphatic carbocycles. The van der Waals surface area contributed by atoms with E-state index < -0.39 is 17.7 Å². The fraction of sp³-hybridized carbons (Fsp3) is 0.435. The number of ether oxygens (including phenoxy) is 2. The molecule has 1 aromatic heterocycles. The van der Waals surface area contributed by atoms with Gasteiger partial charge >= 0.3 is 12.1 Å². The van der Waals surface area contributed by atoms with Gasteiger partial charge in [-0.2, -0.15) is 13.2 Å². The van der Waals surface area contributed by atoms with E-state index in [0.29, 0.717) is 44.7 Å². The van der Waals surface area contributed by atoms with Gasteiger partial charge in [-0.05, 0) is 49.1 Å². The molecule has 0 radical (unpaired) electrons. The predicted molar refractivity (Wildman–Crippen MR) is 115 cm³/mol. The Morgan fingerprint density at radius 1 is 1.12 bits per heavy atom. The molecule has 0 atom stereocenters. The van der Waals surface area contributed by atoms with E-state index in [1.165, 1.54) is 6.07 Å². The predicted octanol–water partition coefficient (Wildman–Crippen LogP) is 3.23. The molecule has 0 bridgehead atoms. The normalized spacial score (nSPS) is 14.6. The zero-order valence-electron chi connectivity index (χ0n) is 18.2. The van der Waals surface area contributed by atoms with Gasteiger partial charge in [0.05, 0.1) is 18.6 Å².